The first kappa shape index (κ1) is 18.7. The van der Waals surface area contributed by atoms with Crippen LogP contribution in [-0.2, 0) is 23.3 Å². The lowest BCUT2D eigenvalue weighted by molar-refractivity contribution is 0.0563. The highest BCUT2D eigenvalue weighted by atomic mass is 32.2. The summed E-state index contributed by atoms with van der Waals surface area (Å²) in [5, 5.41) is 8.21. The Hall–Kier alpha value is -3.08. The van der Waals surface area contributed by atoms with Gasteiger partial charge in [-0.1, -0.05) is 11.8 Å². The Kier molecular flexibility index (Phi) is 5.60. The number of nitrogens with one attached hydrogen (secondary N) is 2. The van der Waals surface area contributed by atoms with Gasteiger partial charge in [-0.25, -0.2) is 9.59 Å². The summed E-state index contributed by atoms with van der Waals surface area (Å²) in [5.74, 6) is 0.921. The molecule has 3 heterocycles. The molecule has 3 aromatic heterocycles. The molecule has 0 aliphatic rings. The molecular weight excluding hydrogens is 376 g/mol. The number of carbonyl (C=O) groups is 1. The van der Waals surface area contributed by atoms with Crippen molar-refractivity contribution in [1.29, 1.82) is 0 Å². The van der Waals surface area contributed by atoms with Crippen molar-refractivity contribution in [2.24, 2.45) is 0 Å². The topological polar surface area (TPSA) is 144 Å². The third-order valence-electron chi connectivity index (χ3n) is 3.68. The van der Waals surface area contributed by atoms with Gasteiger partial charge in [0.25, 0.3) is 10.8 Å². The molecule has 142 valence electrons. The molecule has 2 N–H and O–H groups in total. The van der Waals surface area contributed by atoms with Crippen LogP contribution in [-0.4, -0.2) is 33.2 Å². The van der Waals surface area contributed by atoms with Crippen LogP contribution in [0, 0.1) is 6.92 Å². The van der Waals surface area contributed by atoms with E-state index in [1.165, 1.54) is 24.9 Å². The molecule has 0 fully saturated rings. The maximum Gasteiger partial charge on any atom is 0.373 e. The second-order valence-corrected chi connectivity index (χ2v) is 6.45. The minimum Gasteiger partial charge on any atom is -0.463 e. The van der Waals surface area contributed by atoms with Crippen LogP contribution >= 0.6 is 11.8 Å². The smallest absolute Gasteiger partial charge is 0.373 e. The molecule has 0 amide bonds. The lowest BCUT2D eigenvalue weighted by Crippen LogP contribution is -2.27. The van der Waals surface area contributed by atoms with Crippen molar-refractivity contribution in [2.45, 2.75) is 30.7 Å². The molecule has 0 saturated carbocycles. The number of esters is 1. The van der Waals surface area contributed by atoms with Crippen LogP contribution in [0.2, 0.25) is 0 Å². The second kappa shape index (κ2) is 8.08. The molecule has 0 saturated heterocycles. The minimum atomic E-state index is -0.543. The van der Waals surface area contributed by atoms with Gasteiger partial charge in [0.2, 0.25) is 11.7 Å². The zero-order valence-corrected chi connectivity index (χ0v) is 15.3. The maximum absolute atomic E-state index is 11.8. The van der Waals surface area contributed by atoms with Gasteiger partial charge in [-0.2, -0.15) is 0 Å². The van der Waals surface area contributed by atoms with Gasteiger partial charge in [0.15, 0.2) is 0 Å². The fourth-order valence-corrected chi connectivity index (χ4v) is 3.03. The molecule has 0 aromatic carbocycles. The third kappa shape index (κ3) is 4.56. The maximum atomic E-state index is 11.8. The van der Waals surface area contributed by atoms with Crippen molar-refractivity contribution in [3.8, 4) is 0 Å². The van der Waals surface area contributed by atoms with Crippen LogP contribution in [0.25, 0.3) is 0 Å². The monoisotopic (exact) mass is 392 g/mol. The number of carbonyl (C=O) groups excluding carboxylic acids is 1. The molecule has 3 rings (SSSR count). The summed E-state index contributed by atoms with van der Waals surface area (Å²) >= 11 is 1.26. The van der Waals surface area contributed by atoms with Crippen molar-refractivity contribution in [3.63, 3.8) is 0 Å². The molecule has 11 heteroatoms. The quantitative estimate of drug-likeness (QED) is 0.448. The van der Waals surface area contributed by atoms with Crippen molar-refractivity contribution < 1.29 is 18.4 Å². The normalized spacial score (nSPS) is 10.9. The number of ether oxygens (including phenoxy) is 1. The highest BCUT2D eigenvalue weighted by Gasteiger charge is 2.14. The van der Waals surface area contributed by atoms with E-state index in [1.54, 1.807) is 13.0 Å². The second-order valence-electron chi connectivity index (χ2n) is 5.52. The van der Waals surface area contributed by atoms with Crippen LogP contribution in [0.15, 0.2) is 35.8 Å². The molecule has 10 nitrogen and oxygen atoms in total. The average molecular weight is 392 g/mol. The Labute approximate surface area is 156 Å². The largest absolute Gasteiger partial charge is 0.463 e. The molecule has 0 bridgehead atoms. The Morgan fingerprint density at radius 1 is 1.19 bits per heavy atom. The van der Waals surface area contributed by atoms with Crippen molar-refractivity contribution >= 4 is 17.7 Å². The van der Waals surface area contributed by atoms with Gasteiger partial charge in [-0.3, -0.25) is 9.78 Å². The number of thioether (sulfide) groups is 1. The van der Waals surface area contributed by atoms with Crippen LogP contribution < -0.4 is 11.2 Å². The number of aromatic amines is 2. The number of aryl methyl sites for hydroxylation is 2. The van der Waals surface area contributed by atoms with E-state index < -0.39 is 17.2 Å². The highest BCUT2D eigenvalue weighted by molar-refractivity contribution is 7.98. The van der Waals surface area contributed by atoms with Gasteiger partial charge < -0.3 is 18.6 Å². The van der Waals surface area contributed by atoms with Gasteiger partial charge in [0.1, 0.15) is 5.76 Å². The summed E-state index contributed by atoms with van der Waals surface area (Å²) in [7, 11) is 1.28. The summed E-state index contributed by atoms with van der Waals surface area (Å²) < 4.78 is 15.5. The molecule has 0 aliphatic carbocycles. The molecular formula is C16H16N4O6S. The summed E-state index contributed by atoms with van der Waals surface area (Å²) in [5.41, 5.74) is 0.0145. The number of H-pyrrole nitrogens is 2. The summed E-state index contributed by atoms with van der Waals surface area (Å²) in [6, 6.07) is 3.20. The molecule has 3 aromatic rings. The van der Waals surface area contributed by atoms with E-state index in [1.807, 2.05) is 0 Å². The third-order valence-corrected chi connectivity index (χ3v) is 4.52. The fraction of sp³-hybridized carbons (Fsp3) is 0.312. The molecule has 0 radical (unpaired) electrons. The first-order chi connectivity index (χ1) is 13.0. The number of furan rings is 1. The van der Waals surface area contributed by atoms with Gasteiger partial charge in [0.05, 0.1) is 12.9 Å². The average Bonchev–Trinajstić information content (AvgIpc) is 3.27. The predicted octanol–water partition coefficient (Wildman–Crippen LogP) is 1.21. The number of methoxy groups -OCH3 is 1. The fourth-order valence-electron chi connectivity index (χ4n) is 2.36. The summed E-state index contributed by atoms with van der Waals surface area (Å²) in [4.78, 5) is 39.1. The Bertz CT molecular complexity index is 1060. The Morgan fingerprint density at radius 3 is 2.74 bits per heavy atom. The SMILES string of the molecule is COC(=O)c1ccc(CSc2nnc(CCc3c(C)[nH]c(=O)[nH]c3=O)o2)o1. The number of aromatic nitrogens is 4. The van der Waals surface area contributed by atoms with E-state index in [9.17, 15) is 14.4 Å². The lowest BCUT2D eigenvalue weighted by atomic mass is 10.1. The predicted molar refractivity (Wildman–Crippen MR) is 93.7 cm³/mol. The summed E-state index contributed by atoms with van der Waals surface area (Å²) in [6.07, 6.45) is 0.710. The van der Waals surface area contributed by atoms with Crippen molar-refractivity contribution in [1.82, 2.24) is 20.2 Å². The molecule has 0 aliphatic heterocycles. The van der Waals surface area contributed by atoms with Gasteiger partial charge in [-0.05, 0) is 25.5 Å². The molecule has 27 heavy (non-hydrogen) atoms. The Balaban J connectivity index is 1.57. The minimum absolute atomic E-state index is 0.126. The van der Waals surface area contributed by atoms with Gasteiger partial charge in [0, 0.05) is 17.7 Å². The van der Waals surface area contributed by atoms with E-state index in [0.29, 0.717) is 46.7 Å². The molecule has 0 unspecified atom stereocenters. The van der Waals surface area contributed by atoms with E-state index in [4.69, 9.17) is 8.83 Å². The van der Waals surface area contributed by atoms with Crippen LogP contribution in [0.4, 0.5) is 0 Å². The highest BCUT2D eigenvalue weighted by Crippen LogP contribution is 2.23. The van der Waals surface area contributed by atoms with E-state index in [-0.39, 0.29) is 5.76 Å². The van der Waals surface area contributed by atoms with E-state index in [2.05, 4.69) is 24.9 Å². The number of hydrogen-bond acceptors (Lipinski definition) is 9. The zero-order valence-electron chi connectivity index (χ0n) is 14.5. The van der Waals surface area contributed by atoms with Crippen molar-refractivity contribution in [2.75, 3.05) is 7.11 Å². The lowest BCUT2D eigenvalue weighted by Gasteiger charge is -2.01. The first-order valence-corrected chi connectivity index (χ1v) is 8.89. The van der Waals surface area contributed by atoms with E-state index in [0.717, 1.165) is 0 Å². The van der Waals surface area contributed by atoms with Gasteiger partial charge in [-0.15, -0.1) is 10.2 Å². The Morgan fingerprint density at radius 2 is 2.00 bits per heavy atom. The van der Waals surface area contributed by atoms with Crippen LogP contribution in [0.3, 0.4) is 0 Å². The van der Waals surface area contributed by atoms with Crippen LogP contribution in [0.1, 0.15) is 33.5 Å². The molecule has 0 spiro atoms. The summed E-state index contributed by atoms with van der Waals surface area (Å²) in [6.45, 7) is 1.66. The standard InChI is InChI=1S/C16H16N4O6S/c1-8-10(13(21)18-15(23)17-8)4-6-12-19-20-16(26-12)27-7-9-3-5-11(25-9)14(22)24-2/h3,5H,4,6-7H2,1-2H3,(H2,17,18,21,23). The zero-order chi connectivity index (χ0) is 19.4. The number of hydrogen-bond donors (Lipinski definition) is 2. The first-order valence-electron chi connectivity index (χ1n) is 7.90. The number of nitrogens with zero attached hydrogens (tertiary/aromatic N) is 2. The van der Waals surface area contributed by atoms with Crippen molar-refractivity contribution in [3.05, 3.63) is 61.6 Å². The van der Waals surface area contributed by atoms with Crippen LogP contribution in [0.5, 0.6) is 0 Å². The number of rotatable bonds is 7. The van der Waals surface area contributed by atoms with Gasteiger partial charge >= 0.3 is 11.7 Å². The van der Waals surface area contributed by atoms with E-state index >= 15 is 0 Å². The molecule has 0 atom stereocenters.